The Hall–Kier alpha value is -2.96. The number of methoxy groups -OCH3 is 1. The van der Waals surface area contributed by atoms with Crippen molar-refractivity contribution in [1.82, 2.24) is 9.97 Å². The molecule has 1 aromatic heterocycles. The van der Waals surface area contributed by atoms with E-state index in [9.17, 15) is 9.59 Å². The lowest BCUT2D eigenvalue weighted by Crippen LogP contribution is -2.25. The number of anilines is 2. The molecule has 0 aliphatic carbocycles. The molecular weight excluding hydrogens is 344 g/mol. The highest BCUT2D eigenvalue weighted by Crippen LogP contribution is 2.41. The maximum atomic E-state index is 12.3. The van der Waals surface area contributed by atoms with E-state index in [2.05, 4.69) is 20.6 Å². The van der Waals surface area contributed by atoms with Crippen molar-refractivity contribution < 1.29 is 14.3 Å². The van der Waals surface area contributed by atoms with Gasteiger partial charge in [0.2, 0.25) is 11.8 Å². The maximum Gasteiger partial charge on any atom is 0.225 e. The number of nitrogens with one attached hydrogen (secondary N) is 2. The first-order chi connectivity index (χ1) is 12.9. The van der Waals surface area contributed by atoms with Gasteiger partial charge >= 0.3 is 0 Å². The van der Waals surface area contributed by atoms with Crippen molar-refractivity contribution in [3.8, 4) is 5.75 Å². The van der Waals surface area contributed by atoms with Crippen LogP contribution >= 0.6 is 0 Å². The zero-order valence-electron chi connectivity index (χ0n) is 16.0. The molecular formula is C20H24N4O3. The van der Waals surface area contributed by atoms with E-state index in [1.54, 1.807) is 19.2 Å². The summed E-state index contributed by atoms with van der Waals surface area (Å²) in [5.74, 6) is 1.04. The number of rotatable bonds is 5. The quantitative estimate of drug-likeness (QED) is 0.843. The van der Waals surface area contributed by atoms with Gasteiger partial charge in [0.15, 0.2) is 0 Å². The first-order valence-corrected chi connectivity index (χ1v) is 9.07. The van der Waals surface area contributed by atoms with Gasteiger partial charge in [-0.05, 0) is 17.7 Å². The minimum atomic E-state index is -0.211. The second-order valence-electron chi connectivity index (χ2n) is 6.84. The summed E-state index contributed by atoms with van der Waals surface area (Å²) in [7, 11) is 1.53. The summed E-state index contributed by atoms with van der Waals surface area (Å²) in [5, 5.41) is 5.76. The van der Waals surface area contributed by atoms with Crippen LogP contribution < -0.4 is 15.4 Å². The molecule has 0 saturated heterocycles. The standard InChI is InChI=1S/C20H24N4O3/c1-5-18(25)23-16-8-12-13(14-6-7-21-20(24-14)11(2)3)9-19(26)22-15(12)10-17(16)27-4/h6-8,10-11,13H,5,9H2,1-4H3,(H,22,26)(H,23,25)/t13-/m0/s1. The number of hydrogen-bond acceptors (Lipinski definition) is 5. The summed E-state index contributed by atoms with van der Waals surface area (Å²) in [6.07, 6.45) is 2.38. The molecule has 27 heavy (non-hydrogen) atoms. The van der Waals surface area contributed by atoms with Crippen LogP contribution in [0.15, 0.2) is 24.4 Å². The topological polar surface area (TPSA) is 93.2 Å². The lowest BCUT2D eigenvalue weighted by Gasteiger charge is -2.27. The van der Waals surface area contributed by atoms with Gasteiger partial charge in [0.05, 0.1) is 18.5 Å². The van der Waals surface area contributed by atoms with E-state index in [0.717, 1.165) is 17.1 Å². The average molecular weight is 368 g/mol. The zero-order chi connectivity index (χ0) is 19.6. The van der Waals surface area contributed by atoms with Crippen molar-refractivity contribution in [2.24, 2.45) is 0 Å². The third-order valence-corrected chi connectivity index (χ3v) is 4.58. The monoisotopic (exact) mass is 368 g/mol. The summed E-state index contributed by atoms with van der Waals surface area (Å²) in [4.78, 5) is 33.1. The number of nitrogens with zero attached hydrogens (tertiary/aromatic N) is 2. The second-order valence-corrected chi connectivity index (χ2v) is 6.84. The van der Waals surface area contributed by atoms with Gasteiger partial charge in [-0.1, -0.05) is 20.8 Å². The minimum Gasteiger partial charge on any atom is -0.494 e. The van der Waals surface area contributed by atoms with Crippen molar-refractivity contribution >= 4 is 23.2 Å². The number of hydrogen-bond donors (Lipinski definition) is 2. The smallest absolute Gasteiger partial charge is 0.225 e. The number of amides is 2. The van der Waals surface area contributed by atoms with Crippen molar-refractivity contribution in [2.75, 3.05) is 17.7 Å². The van der Waals surface area contributed by atoms with Crippen molar-refractivity contribution in [1.29, 1.82) is 0 Å². The Morgan fingerprint density at radius 3 is 2.85 bits per heavy atom. The molecule has 1 atom stereocenters. The molecule has 0 spiro atoms. The van der Waals surface area contributed by atoms with Crippen LogP contribution in [0.4, 0.5) is 11.4 Å². The van der Waals surface area contributed by atoms with Crippen LogP contribution in [0.25, 0.3) is 0 Å². The summed E-state index contributed by atoms with van der Waals surface area (Å²) in [6.45, 7) is 5.85. The first-order valence-electron chi connectivity index (χ1n) is 9.07. The fraction of sp³-hybridized carbons (Fsp3) is 0.400. The molecule has 0 bridgehead atoms. The van der Waals surface area contributed by atoms with E-state index < -0.39 is 0 Å². The van der Waals surface area contributed by atoms with Gasteiger partial charge in [0, 0.05) is 42.6 Å². The molecule has 0 radical (unpaired) electrons. The Morgan fingerprint density at radius 1 is 1.41 bits per heavy atom. The van der Waals surface area contributed by atoms with Crippen LogP contribution in [0.1, 0.15) is 62.5 Å². The molecule has 2 aromatic rings. The predicted octanol–water partition coefficient (Wildman–Crippen LogP) is 3.43. The van der Waals surface area contributed by atoms with Crippen LogP contribution in [-0.2, 0) is 9.59 Å². The Bertz CT molecular complexity index is 880. The molecule has 3 rings (SSSR count). The number of fused-ring (bicyclic) bond motifs is 1. The Balaban J connectivity index is 2.09. The molecule has 142 valence electrons. The highest BCUT2D eigenvalue weighted by molar-refractivity contribution is 5.98. The number of aromatic nitrogens is 2. The normalized spacial score (nSPS) is 15.9. The Morgan fingerprint density at radius 2 is 2.19 bits per heavy atom. The average Bonchev–Trinajstić information content (AvgIpc) is 2.67. The molecule has 7 heteroatoms. The highest BCUT2D eigenvalue weighted by atomic mass is 16.5. The van der Waals surface area contributed by atoms with E-state index >= 15 is 0 Å². The predicted molar refractivity (Wildman–Crippen MR) is 103 cm³/mol. The molecule has 1 aliphatic heterocycles. The van der Waals surface area contributed by atoms with Gasteiger partial charge in [0.25, 0.3) is 0 Å². The fourth-order valence-corrected chi connectivity index (χ4v) is 3.12. The molecule has 0 fully saturated rings. The van der Waals surface area contributed by atoms with Crippen LogP contribution in [0.3, 0.4) is 0 Å². The largest absolute Gasteiger partial charge is 0.494 e. The summed E-state index contributed by atoms with van der Waals surface area (Å²) in [5.41, 5.74) is 2.95. The SMILES string of the molecule is CCC(=O)Nc1cc2c(cc1OC)NC(=O)C[C@@H]2c1ccnc(C(C)C)n1. The van der Waals surface area contributed by atoms with Gasteiger partial charge in [0.1, 0.15) is 11.6 Å². The number of benzene rings is 1. The number of carbonyl (C=O) groups excluding carboxylic acids is 2. The Kier molecular flexibility index (Phi) is 5.39. The van der Waals surface area contributed by atoms with Crippen LogP contribution in [0.2, 0.25) is 0 Å². The third-order valence-electron chi connectivity index (χ3n) is 4.58. The molecule has 2 amide bonds. The van der Waals surface area contributed by atoms with E-state index in [0.29, 0.717) is 23.5 Å². The van der Waals surface area contributed by atoms with Crippen molar-refractivity contribution in [3.05, 3.63) is 41.5 Å². The molecule has 1 aromatic carbocycles. The molecule has 2 heterocycles. The molecule has 0 unspecified atom stereocenters. The first kappa shape index (κ1) is 18.8. The van der Waals surface area contributed by atoms with Crippen LogP contribution in [0, 0.1) is 0 Å². The Labute approximate surface area is 158 Å². The lowest BCUT2D eigenvalue weighted by atomic mass is 9.87. The number of ether oxygens (including phenoxy) is 1. The van der Waals surface area contributed by atoms with Gasteiger partial charge in [-0.3, -0.25) is 9.59 Å². The van der Waals surface area contributed by atoms with E-state index in [1.165, 1.54) is 7.11 Å². The lowest BCUT2D eigenvalue weighted by molar-refractivity contribution is -0.117. The van der Waals surface area contributed by atoms with Crippen LogP contribution in [0.5, 0.6) is 5.75 Å². The summed E-state index contributed by atoms with van der Waals surface area (Å²) in [6, 6.07) is 5.45. The molecule has 1 aliphatic rings. The van der Waals surface area contributed by atoms with Gasteiger partial charge < -0.3 is 15.4 Å². The molecule has 0 saturated carbocycles. The number of carbonyl (C=O) groups is 2. The second kappa shape index (κ2) is 7.73. The van der Waals surface area contributed by atoms with Crippen molar-refractivity contribution in [2.45, 2.75) is 45.4 Å². The fourth-order valence-electron chi connectivity index (χ4n) is 3.12. The summed E-state index contributed by atoms with van der Waals surface area (Å²) < 4.78 is 5.39. The molecule has 7 nitrogen and oxygen atoms in total. The van der Waals surface area contributed by atoms with Gasteiger partial charge in [-0.2, -0.15) is 0 Å². The van der Waals surface area contributed by atoms with Crippen molar-refractivity contribution in [3.63, 3.8) is 0 Å². The van der Waals surface area contributed by atoms with Gasteiger partial charge in [-0.25, -0.2) is 9.97 Å². The van der Waals surface area contributed by atoms with Crippen LogP contribution in [-0.4, -0.2) is 28.9 Å². The molecule has 2 N–H and O–H groups in total. The minimum absolute atomic E-state index is 0.0791. The van der Waals surface area contributed by atoms with E-state index in [4.69, 9.17) is 4.74 Å². The van der Waals surface area contributed by atoms with E-state index in [-0.39, 0.29) is 30.1 Å². The highest BCUT2D eigenvalue weighted by Gasteiger charge is 2.29. The zero-order valence-corrected chi connectivity index (χ0v) is 16.0. The maximum absolute atomic E-state index is 12.3. The third kappa shape index (κ3) is 3.92. The van der Waals surface area contributed by atoms with E-state index in [1.807, 2.05) is 26.0 Å². The van der Waals surface area contributed by atoms with Gasteiger partial charge in [-0.15, -0.1) is 0 Å². The summed E-state index contributed by atoms with van der Waals surface area (Å²) >= 11 is 0.